The van der Waals surface area contributed by atoms with Crippen LogP contribution in [0.4, 0.5) is 11.4 Å². The summed E-state index contributed by atoms with van der Waals surface area (Å²) in [6.45, 7) is -0.366. The van der Waals surface area contributed by atoms with Gasteiger partial charge in [0.25, 0.3) is 0 Å². The smallest absolute Gasteiger partial charge is 0.308 e. The zero-order valence-electron chi connectivity index (χ0n) is 20.7. The van der Waals surface area contributed by atoms with E-state index in [-0.39, 0.29) is 11.4 Å². The number of carbonyl (C=O) groups is 3. The second-order valence-corrected chi connectivity index (χ2v) is 13.9. The number of imide groups is 1. The predicted molar refractivity (Wildman–Crippen MR) is 155 cm³/mol. The number of thioether (sulfide) groups is 1. The number of nitrogens with zero attached hydrogens (tertiary/aromatic N) is 2. The number of aromatic nitrogens is 1. The molecule has 15 heteroatoms. The van der Waals surface area contributed by atoms with Gasteiger partial charge in [0.15, 0.2) is 0 Å². The van der Waals surface area contributed by atoms with Gasteiger partial charge in [-0.2, -0.15) is 0 Å². The maximum Gasteiger partial charge on any atom is 0.308 e. The summed E-state index contributed by atoms with van der Waals surface area (Å²) < 4.78 is 30.8. The number of hydrogen-bond donors (Lipinski definition) is 2. The van der Waals surface area contributed by atoms with E-state index in [4.69, 9.17) is 9.56 Å². The number of thiazole rings is 1. The summed E-state index contributed by atoms with van der Waals surface area (Å²) in [5.74, 6) is -2.43. The Balaban J connectivity index is 1.33. The van der Waals surface area contributed by atoms with Crippen LogP contribution in [0.15, 0.2) is 90.5 Å². The van der Waals surface area contributed by atoms with Gasteiger partial charge in [0.1, 0.15) is 17.6 Å². The van der Waals surface area contributed by atoms with E-state index in [9.17, 15) is 27.6 Å². The van der Waals surface area contributed by atoms with Crippen LogP contribution in [0.1, 0.15) is 16.6 Å². The molecule has 1 saturated heterocycles. The van der Waals surface area contributed by atoms with E-state index in [1.807, 2.05) is 0 Å². The molecule has 2 aliphatic heterocycles. The second-order valence-electron chi connectivity index (χ2n) is 9.29. The molecule has 3 N–H and O–H groups in total. The number of hydrogen-bond acceptors (Lipinski definition) is 9. The van der Waals surface area contributed by atoms with Gasteiger partial charge in [-0.1, -0.05) is 39.0 Å². The number of benzene rings is 2. The molecule has 0 bridgehead atoms. The fourth-order valence-electron chi connectivity index (χ4n) is 4.95. The normalized spacial score (nSPS) is 20.1. The molecule has 0 radical (unpaired) electrons. The highest BCUT2D eigenvalue weighted by Gasteiger charge is 2.57. The van der Waals surface area contributed by atoms with Crippen molar-refractivity contribution in [1.82, 2.24) is 4.57 Å². The van der Waals surface area contributed by atoms with Crippen LogP contribution >= 0.6 is 39.0 Å². The van der Waals surface area contributed by atoms with Gasteiger partial charge in [-0.05, 0) is 60.7 Å². The third-order valence-electron chi connectivity index (χ3n) is 6.75. The molecule has 4 aromatic rings. The molecular weight excluding hydrogens is 656 g/mol. The van der Waals surface area contributed by atoms with Crippen molar-refractivity contribution in [3.8, 4) is 0 Å². The van der Waals surface area contributed by atoms with Gasteiger partial charge in [0.2, 0.25) is 27.7 Å². The lowest BCUT2D eigenvalue weighted by molar-refractivity contribution is -0.122. The highest BCUT2D eigenvalue weighted by Crippen LogP contribution is 2.53. The minimum Gasteiger partial charge on any atom is -0.469 e. The van der Waals surface area contributed by atoms with Gasteiger partial charge in [-0.25, -0.2) is 18.5 Å². The fraction of sp³-hybridized carbons (Fsp3) is 0.154. The van der Waals surface area contributed by atoms with Gasteiger partial charge in [0.05, 0.1) is 38.6 Å². The maximum absolute atomic E-state index is 13.8. The number of carbonyl (C=O) groups excluding carboxylic acids is 3. The molecule has 3 amide bonds. The lowest BCUT2D eigenvalue weighted by atomic mass is 9.87. The van der Waals surface area contributed by atoms with Crippen LogP contribution in [-0.2, 0) is 31.0 Å². The molecule has 2 aliphatic rings. The molecule has 0 unspecified atom stereocenters. The first kappa shape index (κ1) is 27.7. The van der Waals surface area contributed by atoms with E-state index in [1.54, 1.807) is 36.4 Å². The Morgan fingerprint density at radius 2 is 1.73 bits per heavy atom. The number of nitrogens with two attached hydrogens (primary N) is 1. The third kappa shape index (κ3) is 4.97. The van der Waals surface area contributed by atoms with Crippen LogP contribution in [0.2, 0.25) is 0 Å². The zero-order chi connectivity index (χ0) is 29.1. The van der Waals surface area contributed by atoms with E-state index < -0.39 is 49.7 Å². The molecule has 2 aromatic carbocycles. The van der Waals surface area contributed by atoms with Crippen molar-refractivity contribution in [2.45, 2.75) is 27.6 Å². The van der Waals surface area contributed by atoms with Crippen LogP contribution in [-0.4, -0.2) is 36.0 Å². The monoisotopic (exact) mass is 674 g/mol. The highest BCUT2D eigenvalue weighted by atomic mass is 79.9. The average molecular weight is 676 g/mol. The second kappa shape index (κ2) is 10.4. The number of primary sulfonamides is 1. The van der Waals surface area contributed by atoms with E-state index >= 15 is 0 Å². The summed E-state index contributed by atoms with van der Waals surface area (Å²) in [6.07, 6.45) is 1.47. The topological polar surface area (TPSA) is 162 Å². The Morgan fingerprint density at radius 3 is 2.37 bits per heavy atom. The van der Waals surface area contributed by atoms with Crippen molar-refractivity contribution < 1.29 is 27.2 Å². The molecule has 210 valence electrons. The quantitative estimate of drug-likeness (QED) is 0.294. The number of furan rings is 1. The number of fused-ring (bicyclic) bond motifs is 2. The summed E-state index contributed by atoms with van der Waals surface area (Å²) in [7, 11) is -3.89. The van der Waals surface area contributed by atoms with E-state index in [0.717, 1.165) is 27.6 Å². The maximum atomic E-state index is 13.8. The predicted octanol–water partition coefficient (Wildman–Crippen LogP) is 3.35. The number of halogens is 1. The Hall–Kier alpha value is -3.50. The van der Waals surface area contributed by atoms with Crippen LogP contribution < -0.4 is 20.2 Å². The Labute approximate surface area is 249 Å². The standard InChI is InChI=1S/C26H19BrN4O7S3/c27-13-3-7-15(8-4-13)31-23(33)20-19(17-2-1-11-38-17)22-25(39-21(20)24(31)34)30(26(35)40-22)12-18(32)29-14-5-9-16(10-6-14)41(28,36)37/h1-11,19-21H,12H2,(H,29,32)(H2,28,36,37)/t19-,20-,21+/m0/s1. The lowest BCUT2D eigenvalue weighted by Crippen LogP contribution is -2.32. The number of anilines is 2. The number of nitrogens with one attached hydrogen (secondary N) is 1. The van der Waals surface area contributed by atoms with Crippen LogP contribution in [0.25, 0.3) is 0 Å². The largest absolute Gasteiger partial charge is 0.469 e. The third-order valence-corrected chi connectivity index (χ3v) is 10.8. The van der Waals surface area contributed by atoms with E-state index in [2.05, 4.69) is 21.2 Å². The Morgan fingerprint density at radius 1 is 1.02 bits per heavy atom. The first-order valence-corrected chi connectivity index (χ1v) is 16.1. The number of sulfonamides is 1. The van der Waals surface area contributed by atoms with Crippen LogP contribution in [0.3, 0.4) is 0 Å². The molecule has 41 heavy (non-hydrogen) atoms. The molecule has 4 heterocycles. The lowest BCUT2D eigenvalue weighted by Gasteiger charge is -2.29. The Kier molecular flexibility index (Phi) is 7.02. The first-order chi connectivity index (χ1) is 19.5. The fourth-order valence-corrected chi connectivity index (χ4v) is 8.48. The SMILES string of the molecule is NS(=O)(=O)c1ccc(NC(=O)Cn2c3c(sc2=O)[C@@H](c2ccco2)[C@@H]2C(=O)N(c4ccc(Br)cc4)C(=O)[C@@H]2S3)cc1. The number of amides is 3. The summed E-state index contributed by atoms with van der Waals surface area (Å²) in [4.78, 5) is 54.7. The van der Waals surface area contributed by atoms with Crippen LogP contribution in [0, 0.1) is 5.92 Å². The van der Waals surface area contributed by atoms with Gasteiger partial charge in [-0.3, -0.25) is 23.7 Å². The van der Waals surface area contributed by atoms with Gasteiger partial charge < -0.3 is 9.73 Å². The average Bonchev–Trinajstić information content (AvgIpc) is 3.62. The first-order valence-electron chi connectivity index (χ1n) is 12.0. The van der Waals surface area contributed by atoms with Crippen molar-refractivity contribution in [2.24, 2.45) is 11.1 Å². The molecule has 0 aliphatic carbocycles. The zero-order valence-corrected chi connectivity index (χ0v) is 24.8. The molecule has 3 atom stereocenters. The van der Waals surface area contributed by atoms with Crippen molar-refractivity contribution in [3.05, 3.63) is 91.7 Å². The summed E-state index contributed by atoms with van der Waals surface area (Å²) in [5.41, 5.74) is 0.743. The molecule has 11 nitrogen and oxygen atoms in total. The molecular formula is C26H19BrN4O7S3. The van der Waals surface area contributed by atoms with Gasteiger partial charge in [0, 0.05) is 10.2 Å². The van der Waals surface area contributed by atoms with E-state index in [1.165, 1.54) is 40.0 Å². The van der Waals surface area contributed by atoms with Gasteiger partial charge >= 0.3 is 4.87 Å². The Bertz CT molecular complexity index is 1850. The summed E-state index contributed by atoms with van der Waals surface area (Å²) in [6, 6.07) is 15.5. The summed E-state index contributed by atoms with van der Waals surface area (Å²) >= 11 is 5.36. The molecule has 0 spiro atoms. The summed E-state index contributed by atoms with van der Waals surface area (Å²) in [5, 5.41) is 7.33. The minimum absolute atomic E-state index is 0.110. The molecule has 0 saturated carbocycles. The van der Waals surface area contributed by atoms with Gasteiger partial charge in [-0.15, -0.1) is 0 Å². The van der Waals surface area contributed by atoms with Crippen molar-refractivity contribution in [1.29, 1.82) is 0 Å². The van der Waals surface area contributed by atoms with Crippen molar-refractivity contribution >= 4 is 78.1 Å². The molecule has 6 rings (SSSR count). The minimum atomic E-state index is -3.89. The van der Waals surface area contributed by atoms with E-state index in [0.29, 0.717) is 27.0 Å². The van der Waals surface area contributed by atoms with Crippen molar-refractivity contribution in [2.75, 3.05) is 10.2 Å². The molecule has 2 aromatic heterocycles. The van der Waals surface area contributed by atoms with Crippen LogP contribution in [0.5, 0.6) is 0 Å². The van der Waals surface area contributed by atoms with Crippen molar-refractivity contribution in [3.63, 3.8) is 0 Å². The molecule has 1 fully saturated rings. The highest BCUT2D eigenvalue weighted by molar-refractivity contribution is 9.10. The number of rotatable bonds is 6.